The van der Waals surface area contributed by atoms with Gasteiger partial charge in [-0.15, -0.1) is 0 Å². The maximum atomic E-state index is 10.4. The Hall–Kier alpha value is -0.770. The third-order valence-electron chi connectivity index (χ3n) is 2.26. The quantitative estimate of drug-likeness (QED) is 0.517. The van der Waals surface area contributed by atoms with Crippen LogP contribution in [0.15, 0.2) is 0 Å². The van der Waals surface area contributed by atoms with Gasteiger partial charge in [0.2, 0.25) is 0 Å². The predicted octanol–water partition coefficient (Wildman–Crippen LogP) is 1.21. The second-order valence-electron chi connectivity index (χ2n) is 3.49. The van der Waals surface area contributed by atoms with E-state index < -0.39 is 6.03 Å². The molecule has 0 aromatic carbocycles. The van der Waals surface area contributed by atoms with Gasteiger partial charge < -0.3 is 16.4 Å². The lowest BCUT2D eigenvalue weighted by molar-refractivity contribution is 0.248. The molecule has 1 unspecified atom stereocenters. The number of nitrogens with two attached hydrogens (primary N) is 1. The first-order valence-corrected chi connectivity index (χ1v) is 5.47. The third-order valence-corrected chi connectivity index (χ3v) is 2.26. The van der Waals surface area contributed by atoms with Gasteiger partial charge in [0.05, 0.1) is 0 Å². The van der Waals surface area contributed by atoms with Gasteiger partial charge in [-0.25, -0.2) is 4.79 Å². The topological polar surface area (TPSA) is 67.2 Å². The summed E-state index contributed by atoms with van der Waals surface area (Å²) in [4.78, 5) is 10.4. The van der Waals surface area contributed by atoms with Crippen LogP contribution in [-0.4, -0.2) is 25.2 Å². The minimum atomic E-state index is -0.451. The number of amides is 2. The van der Waals surface area contributed by atoms with E-state index in [0.29, 0.717) is 12.6 Å². The molecule has 14 heavy (non-hydrogen) atoms. The van der Waals surface area contributed by atoms with Crippen LogP contribution in [0.25, 0.3) is 0 Å². The first-order chi connectivity index (χ1) is 6.70. The van der Waals surface area contributed by atoms with Crippen molar-refractivity contribution in [2.75, 3.05) is 13.1 Å². The molecule has 0 aliphatic heterocycles. The van der Waals surface area contributed by atoms with Crippen LogP contribution in [0.1, 0.15) is 39.5 Å². The van der Waals surface area contributed by atoms with Crippen molar-refractivity contribution >= 4 is 6.03 Å². The Bertz CT molecular complexity index is 150. The summed E-state index contributed by atoms with van der Waals surface area (Å²) in [7, 11) is 0. The fourth-order valence-electron chi connectivity index (χ4n) is 1.36. The molecule has 4 N–H and O–H groups in total. The summed E-state index contributed by atoms with van der Waals surface area (Å²) in [5.41, 5.74) is 4.94. The molecule has 0 radical (unpaired) electrons. The largest absolute Gasteiger partial charge is 0.352 e. The van der Waals surface area contributed by atoms with Crippen LogP contribution in [0.2, 0.25) is 0 Å². The van der Waals surface area contributed by atoms with E-state index in [1.165, 1.54) is 19.3 Å². The molecular formula is C10H23N3O. The molecule has 0 aliphatic carbocycles. The van der Waals surface area contributed by atoms with Gasteiger partial charge in [-0.05, 0) is 12.8 Å². The molecule has 84 valence electrons. The normalized spacial score (nSPS) is 12.4. The molecule has 0 spiro atoms. The summed E-state index contributed by atoms with van der Waals surface area (Å²) in [5.74, 6) is 0. The number of carbonyl (C=O) groups is 1. The lowest BCUT2D eigenvalue weighted by Crippen LogP contribution is -2.38. The summed E-state index contributed by atoms with van der Waals surface area (Å²) in [6.07, 6.45) is 4.84. The molecule has 0 aliphatic rings. The highest BCUT2D eigenvalue weighted by Gasteiger charge is 2.03. The van der Waals surface area contributed by atoms with E-state index in [9.17, 15) is 4.79 Å². The molecule has 0 fully saturated rings. The van der Waals surface area contributed by atoms with Crippen molar-refractivity contribution in [2.24, 2.45) is 5.73 Å². The molecule has 0 heterocycles. The number of hydrogen-bond acceptors (Lipinski definition) is 2. The van der Waals surface area contributed by atoms with Gasteiger partial charge in [-0.2, -0.15) is 0 Å². The minimum absolute atomic E-state index is 0.451. The van der Waals surface area contributed by atoms with Gasteiger partial charge in [0, 0.05) is 19.1 Å². The van der Waals surface area contributed by atoms with Crippen molar-refractivity contribution < 1.29 is 4.79 Å². The SMILES string of the molecule is CCCCC(CC)NCCNC(N)=O. The third kappa shape index (κ3) is 7.86. The smallest absolute Gasteiger partial charge is 0.312 e. The highest BCUT2D eigenvalue weighted by atomic mass is 16.2. The molecule has 0 rings (SSSR count). The molecule has 1 atom stereocenters. The molecule has 0 aromatic rings. The van der Waals surface area contributed by atoms with Crippen LogP contribution in [0.3, 0.4) is 0 Å². The summed E-state index contributed by atoms with van der Waals surface area (Å²) in [5, 5.41) is 5.95. The second-order valence-corrected chi connectivity index (χ2v) is 3.49. The monoisotopic (exact) mass is 201 g/mol. The molecule has 4 heteroatoms. The fraction of sp³-hybridized carbons (Fsp3) is 0.900. The van der Waals surface area contributed by atoms with Gasteiger partial charge in [0.1, 0.15) is 0 Å². The number of rotatable bonds is 8. The van der Waals surface area contributed by atoms with Crippen LogP contribution in [0.4, 0.5) is 4.79 Å². The average Bonchev–Trinajstić information content (AvgIpc) is 2.16. The number of primary amides is 1. The van der Waals surface area contributed by atoms with Crippen molar-refractivity contribution in [1.29, 1.82) is 0 Å². The summed E-state index contributed by atoms with van der Waals surface area (Å²) < 4.78 is 0. The standard InChI is InChI=1S/C10H23N3O/c1-3-5-6-9(4-2)12-7-8-13-10(11)14/h9,12H,3-8H2,1-2H3,(H3,11,13,14). The van der Waals surface area contributed by atoms with Crippen LogP contribution >= 0.6 is 0 Å². The van der Waals surface area contributed by atoms with Crippen LogP contribution in [0, 0.1) is 0 Å². The summed E-state index contributed by atoms with van der Waals surface area (Å²) in [6, 6.07) is 0.123. The maximum absolute atomic E-state index is 10.4. The number of urea groups is 1. The van der Waals surface area contributed by atoms with E-state index in [2.05, 4.69) is 24.5 Å². The predicted molar refractivity (Wildman–Crippen MR) is 59.2 cm³/mol. The Morgan fingerprint density at radius 2 is 2.07 bits per heavy atom. The average molecular weight is 201 g/mol. The highest BCUT2D eigenvalue weighted by molar-refractivity contribution is 5.71. The zero-order chi connectivity index (χ0) is 10.8. The van der Waals surface area contributed by atoms with Gasteiger partial charge in [-0.1, -0.05) is 26.7 Å². The molecule has 0 bridgehead atoms. The van der Waals surface area contributed by atoms with Crippen molar-refractivity contribution in [2.45, 2.75) is 45.6 Å². The van der Waals surface area contributed by atoms with E-state index in [1.54, 1.807) is 0 Å². The zero-order valence-corrected chi connectivity index (χ0v) is 9.31. The Balaban J connectivity index is 3.37. The van der Waals surface area contributed by atoms with Crippen LogP contribution in [0.5, 0.6) is 0 Å². The van der Waals surface area contributed by atoms with E-state index in [4.69, 9.17) is 5.73 Å². The Morgan fingerprint density at radius 3 is 2.57 bits per heavy atom. The Kier molecular flexibility index (Phi) is 8.33. The van der Waals surface area contributed by atoms with Crippen LogP contribution in [-0.2, 0) is 0 Å². The molecule has 0 saturated carbocycles. The summed E-state index contributed by atoms with van der Waals surface area (Å²) in [6.45, 7) is 5.78. The highest BCUT2D eigenvalue weighted by Crippen LogP contribution is 2.03. The van der Waals surface area contributed by atoms with Crippen LogP contribution < -0.4 is 16.4 Å². The molecule has 4 nitrogen and oxygen atoms in total. The van der Waals surface area contributed by atoms with E-state index >= 15 is 0 Å². The molecule has 0 saturated heterocycles. The minimum Gasteiger partial charge on any atom is -0.352 e. The maximum Gasteiger partial charge on any atom is 0.312 e. The molecular weight excluding hydrogens is 178 g/mol. The molecule has 2 amide bonds. The molecule has 0 aromatic heterocycles. The van der Waals surface area contributed by atoms with Gasteiger partial charge >= 0.3 is 6.03 Å². The Morgan fingerprint density at radius 1 is 1.36 bits per heavy atom. The lowest BCUT2D eigenvalue weighted by Gasteiger charge is -2.16. The van der Waals surface area contributed by atoms with E-state index in [-0.39, 0.29) is 0 Å². The van der Waals surface area contributed by atoms with E-state index in [0.717, 1.165) is 13.0 Å². The number of carbonyl (C=O) groups excluding carboxylic acids is 1. The van der Waals surface area contributed by atoms with Gasteiger partial charge in [0.15, 0.2) is 0 Å². The van der Waals surface area contributed by atoms with Crippen molar-refractivity contribution in [3.63, 3.8) is 0 Å². The lowest BCUT2D eigenvalue weighted by atomic mass is 10.1. The number of hydrogen-bond donors (Lipinski definition) is 3. The second kappa shape index (κ2) is 8.81. The number of nitrogens with one attached hydrogen (secondary N) is 2. The van der Waals surface area contributed by atoms with Gasteiger partial charge in [-0.3, -0.25) is 0 Å². The van der Waals surface area contributed by atoms with Crippen molar-refractivity contribution in [3.8, 4) is 0 Å². The van der Waals surface area contributed by atoms with Gasteiger partial charge in [0.25, 0.3) is 0 Å². The van der Waals surface area contributed by atoms with Crippen molar-refractivity contribution in [1.82, 2.24) is 10.6 Å². The Labute approximate surface area is 86.6 Å². The zero-order valence-electron chi connectivity index (χ0n) is 9.31. The first kappa shape index (κ1) is 13.2. The first-order valence-electron chi connectivity index (χ1n) is 5.47. The van der Waals surface area contributed by atoms with Crippen molar-refractivity contribution in [3.05, 3.63) is 0 Å². The number of unbranched alkanes of at least 4 members (excludes halogenated alkanes) is 1. The van der Waals surface area contributed by atoms with E-state index in [1.807, 2.05) is 0 Å². The fourth-order valence-corrected chi connectivity index (χ4v) is 1.36. The summed E-state index contributed by atoms with van der Waals surface area (Å²) >= 11 is 0.